The van der Waals surface area contributed by atoms with E-state index in [1.165, 1.54) is 22.5 Å². The third-order valence-corrected chi connectivity index (χ3v) is 5.52. The van der Waals surface area contributed by atoms with E-state index in [0.717, 1.165) is 20.0 Å². The highest BCUT2D eigenvalue weighted by Crippen LogP contribution is 2.39. The van der Waals surface area contributed by atoms with E-state index in [4.69, 9.17) is 0 Å². The van der Waals surface area contributed by atoms with Gasteiger partial charge in [-0.15, -0.1) is 0 Å². The smallest absolute Gasteiger partial charge is 0.258 e. The van der Waals surface area contributed by atoms with Crippen LogP contribution in [0.5, 0.6) is 0 Å². The summed E-state index contributed by atoms with van der Waals surface area (Å²) < 4.78 is 0.910. The van der Waals surface area contributed by atoms with E-state index in [1.54, 1.807) is 30.1 Å². The first-order valence-corrected chi connectivity index (χ1v) is 7.96. The number of nitro groups is 1. The lowest BCUT2D eigenvalue weighted by Gasteiger charge is -2.07. The second-order valence-electron chi connectivity index (χ2n) is 4.71. The average Bonchev–Trinajstić information content (AvgIpc) is 2.90. The van der Waals surface area contributed by atoms with Crippen LogP contribution in [-0.4, -0.2) is 9.91 Å². The van der Waals surface area contributed by atoms with E-state index in [2.05, 4.69) is 31.0 Å². The van der Waals surface area contributed by atoms with Gasteiger partial charge in [0.2, 0.25) is 0 Å². The monoisotopic (exact) mass is 316 g/mol. The molecule has 0 atom stereocenters. The van der Waals surface area contributed by atoms with Crippen molar-refractivity contribution in [2.24, 2.45) is 0 Å². The second kappa shape index (κ2) is 5.46. The molecule has 2 aromatic heterocycles. The van der Waals surface area contributed by atoms with Gasteiger partial charge in [-0.25, -0.2) is 0 Å². The second-order valence-corrected chi connectivity index (χ2v) is 7.12. The number of hydrogen-bond acceptors (Lipinski definition) is 5. The zero-order valence-corrected chi connectivity index (χ0v) is 13.1. The molecule has 0 amide bonds. The van der Waals surface area contributed by atoms with Gasteiger partial charge in [-0.1, -0.05) is 23.1 Å². The van der Waals surface area contributed by atoms with Crippen molar-refractivity contribution in [2.45, 2.75) is 23.0 Å². The van der Waals surface area contributed by atoms with Gasteiger partial charge in [-0.2, -0.15) is 0 Å². The van der Waals surface area contributed by atoms with E-state index in [9.17, 15) is 10.1 Å². The molecule has 0 aliphatic rings. The van der Waals surface area contributed by atoms with Crippen LogP contribution in [0.25, 0.3) is 10.9 Å². The molecule has 4 nitrogen and oxygen atoms in total. The molecule has 0 unspecified atom stereocenters. The Morgan fingerprint density at radius 1 is 1.19 bits per heavy atom. The van der Waals surface area contributed by atoms with Crippen LogP contribution in [0.4, 0.5) is 5.00 Å². The predicted octanol–water partition coefficient (Wildman–Crippen LogP) is 4.97. The molecule has 106 valence electrons. The first-order valence-electron chi connectivity index (χ1n) is 6.32. The Labute approximate surface area is 130 Å². The summed E-state index contributed by atoms with van der Waals surface area (Å²) in [7, 11) is 0. The van der Waals surface area contributed by atoms with Gasteiger partial charge in [0.05, 0.1) is 14.6 Å². The molecule has 0 aliphatic heterocycles. The van der Waals surface area contributed by atoms with Crippen molar-refractivity contribution >= 4 is 39.0 Å². The highest BCUT2D eigenvalue weighted by atomic mass is 32.2. The van der Waals surface area contributed by atoms with Crippen molar-refractivity contribution in [3.05, 3.63) is 57.8 Å². The number of nitrogens with zero attached hydrogens (tertiary/aromatic N) is 2. The van der Waals surface area contributed by atoms with Crippen LogP contribution in [0.3, 0.4) is 0 Å². The quantitative estimate of drug-likeness (QED) is 0.505. The maximum atomic E-state index is 10.8. The molecule has 3 rings (SSSR count). The zero-order chi connectivity index (χ0) is 15.0. The van der Waals surface area contributed by atoms with Crippen LogP contribution in [-0.2, 0) is 0 Å². The molecule has 0 saturated carbocycles. The number of aryl methyl sites for hydroxylation is 2. The molecule has 1 aromatic carbocycles. The van der Waals surface area contributed by atoms with Crippen molar-refractivity contribution in [3.8, 4) is 0 Å². The van der Waals surface area contributed by atoms with Crippen LogP contribution >= 0.6 is 23.1 Å². The first-order chi connectivity index (χ1) is 10.0. The van der Waals surface area contributed by atoms with Gasteiger partial charge in [0.15, 0.2) is 0 Å². The summed E-state index contributed by atoms with van der Waals surface area (Å²) in [6.07, 6.45) is 1.78. The van der Waals surface area contributed by atoms with Crippen LogP contribution < -0.4 is 0 Å². The Morgan fingerprint density at radius 3 is 2.67 bits per heavy atom. The standard InChI is InChI=1S/C15H12N2O2S2/c1-9-7-11-12(8-10(9)2)16-6-5-13(11)20-15-4-3-14(21-15)17(18)19/h3-8H,1-2H3. The Kier molecular flexibility index (Phi) is 3.65. The van der Waals surface area contributed by atoms with Gasteiger partial charge in [0.1, 0.15) is 0 Å². The molecule has 0 radical (unpaired) electrons. The fourth-order valence-corrected chi connectivity index (χ4v) is 4.04. The molecule has 21 heavy (non-hydrogen) atoms. The molecule has 2 heterocycles. The van der Waals surface area contributed by atoms with E-state index in [1.807, 2.05) is 6.07 Å². The summed E-state index contributed by atoms with van der Waals surface area (Å²) in [6, 6.07) is 9.49. The van der Waals surface area contributed by atoms with Crippen LogP contribution in [0.2, 0.25) is 0 Å². The van der Waals surface area contributed by atoms with Gasteiger partial charge < -0.3 is 0 Å². The Hall–Kier alpha value is -1.92. The number of aromatic nitrogens is 1. The summed E-state index contributed by atoms with van der Waals surface area (Å²) in [5.41, 5.74) is 3.38. The molecule has 6 heteroatoms. The molecule has 0 N–H and O–H groups in total. The van der Waals surface area contributed by atoms with Crippen LogP contribution in [0, 0.1) is 24.0 Å². The summed E-state index contributed by atoms with van der Waals surface area (Å²) in [6.45, 7) is 4.14. The lowest BCUT2D eigenvalue weighted by molar-refractivity contribution is -0.380. The number of pyridine rings is 1. The van der Waals surface area contributed by atoms with Gasteiger partial charge in [-0.05, 0) is 49.2 Å². The van der Waals surface area contributed by atoms with Crippen LogP contribution in [0.1, 0.15) is 11.1 Å². The minimum atomic E-state index is -0.354. The number of fused-ring (bicyclic) bond motifs is 1. The van der Waals surface area contributed by atoms with Gasteiger partial charge in [0.25, 0.3) is 0 Å². The van der Waals surface area contributed by atoms with Crippen molar-refractivity contribution in [1.29, 1.82) is 0 Å². The molecular formula is C15H12N2O2S2. The lowest BCUT2D eigenvalue weighted by atomic mass is 10.1. The van der Waals surface area contributed by atoms with Crippen molar-refractivity contribution < 1.29 is 4.92 Å². The van der Waals surface area contributed by atoms with E-state index in [0.29, 0.717) is 0 Å². The predicted molar refractivity (Wildman–Crippen MR) is 86.3 cm³/mol. The molecule has 0 saturated heterocycles. The van der Waals surface area contributed by atoms with Crippen LogP contribution in [0.15, 0.2) is 45.6 Å². The van der Waals surface area contributed by atoms with E-state index >= 15 is 0 Å². The number of thiophene rings is 1. The first kappa shape index (κ1) is 14.0. The molecule has 3 aromatic rings. The lowest BCUT2D eigenvalue weighted by Crippen LogP contribution is -1.86. The minimum Gasteiger partial charge on any atom is -0.258 e. The van der Waals surface area contributed by atoms with Crippen molar-refractivity contribution in [1.82, 2.24) is 4.98 Å². The highest BCUT2D eigenvalue weighted by molar-refractivity contribution is 8.01. The number of rotatable bonds is 3. The highest BCUT2D eigenvalue weighted by Gasteiger charge is 2.12. The van der Waals surface area contributed by atoms with Crippen molar-refractivity contribution in [3.63, 3.8) is 0 Å². The third-order valence-electron chi connectivity index (χ3n) is 3.27. The summed E-state index contributed by atoms with van der Waals surface area (Å²) in [4.78, 5) is 15.9. The Balaban J connectivity index is 2.03. The minimum absolute atomic E-state index is 0.169. The SMILES string of the molecule is Cc1cc2nccc(Sc3ccc([N+](=O)[O-])s3)c2cc1C. The maximum absolute atomic E-state index is 10.8. The molecule has 0 spiro atoms. The maximum Gasteiger partial charge on any atom is 0.325 e. The normalized spacial score (nSPS) is 11.0. The fraction of sp³-hybridized carbons (Fsp3) is 0.133. The summed E-state index contributed by atoms with van der Waals surface area (Å²) in [5.74, 6) is 0. The third kappa shape index (κ3) is 2.77. The molecule has 0 aliphatic carbocycles. The van der Waals surface area contributed by atoms with Gasteiger partial charge in [0, 0.05) is 22.5 Å². The Bertz CT molecular complexity index is 843. The van der Waals surface area contributed by atoms with E-state index < -0.39 is 0 Å². The summed E-state index contributed by atoms with van der Waals surface area (Å²) >= 11 is 2.74. The summed E-state index contributed by atoms with van der Waals surface area (Å²) in [5, 5.41) is 12.0. The van der Waals surface area contributed by atoms with Gasteiger partial charge >= 0.3 is 5.00 Å². The number of hydrogen-bond donors (Lipinski definition) is 0. The van der Waals surface area contributed by atoms with Crippen molar-refractivity contribution in [2.75, 3.05) is 0 Å². The van der Waals surface area contributed by atoms with E-state index in [-0.39, 0.29) is 9.92 Å². The average molecular weight is 316 g/mol. The molecule has 0 fully saturated rings. The Morgan fingerprint density at radius 2 is 1.95 bits per heavy atom. The molecule has 0 bridgehead atoms. The number of benzene rings is 1. The largest absolute Gasteiger partial charge is 0.325 e. The van der Waals surface area contributed by atoms with Gasteiger partial charge in [-0.3, -0.25) is 15.1 Å². The molecular weight excluding hydrogens is 304 g/mol. The fourth-order valence-electron chi connectivity index (χ4n) is 2.04. The topological polar surface area (TPSA) is 56.0 Å². The zero-order valence-electron chi connectivity index (χ0n) is 11.5.